The summed E-state index contributed by atoms with van der Waals surface area (Å²) in [4.78, 5) is 30.7. The van der Waals surface area contributed by atoms with Crippen LogP contribution in [0.4, 0.5) is 11.6 Å². The van der Waals surface area contributed by atoms with Crippen LogP contribution in [-0.2, 0) is 0 Å². The highest BCUT2D eigenvalue weighted by atomic mass is 35.5. The molecule has 0 radical (unpaired) electrons. The molecular weight excluding hydrogens is 504 g/mol. The second kappa shape index (κ2) is 11.0. The van der Waals surface area contributed by atoms with Crippen molar-refractivity contribution in [1.29, 1.82) is 0 Å². The highest BCUT2D eigenvalue weighted by Crippen LogP contribution is 2.27. The molecule has 5 rings (SSSR count). The number of nitrogens with zero attached hydrogens (tertiary/aromatic N) is 3. The molecule has 9 nitrogen and oxygen atoms in total. The highest BCUT2D eigenvalue weighted by molar-refractivity contribution is 6.34. The molecule has 2 heterocycles. The molecular formula is C28H27ClN6O3. The van der Waals surface area contributed by atoms with Crippen molar-refractivity contribution >= 4 is 35.1 Å². The van der Waals surface area contributed by atoms with Gasteiger partial charge in [-0.25, -0.2) is 9.67 Å². The zero-order valence-electron chi connectivity index (χ0n) is 20.5. The number of hydrogen-bond donors (Lipinski definition) is 4. The lowest BCUT2D eigenvalue weighted by atomic mass is 9.93. The van der Waals surface area contributed by atoms with Crippen molar-refractivity contribution in [2.75, 3.05) is 11.1 Å². The van der Waals surface area contributed by atoms with Crippen LogP contribution in [0.1, 0.15) is 46.5 Å². The molecule has 38 heavy (non-hydrogen) atoms. The van der Waals surface area contributed by atoms with Crippen LogP contribution in [0.15, 0.2) is 72.8 Å². The number of nitrogen functional groups attached to an aromatic ring is 1. The first-order valence-corrected chi connectivity index (χ1v) is 12.7. The van der Waals surface area contributed by atoms with Crippen molar-refractivity contribution in [3.05, 3.63) is 89.1 Å². The van der Waals surface area contributed by atoms with Gasteiger partial charge in [-0.3, -0.25) is 9.59 Å². The summed E-state index contributed by atoms with van der Waals surface area (Å²) in [7, 11) is 0. The monoisotopic (exact) mass is 530 g/mol. The smallest absolute Gasteiger partial charge is 0.272 e. The van der Waals surface area contributed by atoms with E-state index in [2.05, 4.69) is 20.7 Å². The number of carbonyl (C=O) groups is 2. The van der Waals surface area contributed by atoms with E-state index in [1.807, 2.05) is 30.3 Å². The normalized spacial score (nSPS) is 17.1. The maximum absolute atomic E-state index is 13.4. The second-order valence-corrected chi connectivity index (χ2v) is 9.64. The molecule has 0 atom stereocenters. The quantitative estimate of drug-likeness (QED) is 0.291. The van der Waals surface area contributed by atoms with Crippen LogP contribution in [0.5, 0.6) is 0 Å². The summed E-state index contributed by atoms with van der Waals surface area (Å²) in [5.74, 6) is -0.130. The van der Waals surface area contributed by atoms with Gasteiger partial charge in [-0.2, -0.15) is 5.10 Å². The number of rotatable bonds is 6. The van der Waals surface area contributed by atoms with Gasteiger partial charge in [0.2, 0.25) is 0 Å². The number of pyridine rings is 1. The number of para-hydroxylation sites is 1. The molecule has 0 unspecified atom stereocenters. The van der Waals surface area contributed by atoms with E-state index in [1.165, 1.54) is 10.7 Å². The molecule has 194 valence electrons. The van der Waals surface area contributed by atoms with Gasteiger partial charge in [0.15, 0.2) is 5.69 Å². The summed E-state index contributed by atoms with van der Waals surface area (Å²) >= 11 is 6.40. The summed E-state index contributed by atoms with van der Waals surface area (Å²) in [6, 6.07) is 21.0. The van der Waals surface area contributed by atoms with Gasteiger partial charge in [0.25, 0.3) is 11.8 Å². The molecule has 1 aliphatic rings. The van der Waals surface area contributed by atoms with Gasteiger partial charge in [0.05, 0.1) is 28.1 Å². The van der Waals surface area contributed by atoms with Crippen LogP contribution in [0, 0.1) is 0 Å². The van der Waals surface area contributed by atoms with Crippen molar-refractivity contribution < 1.29 is 14.7 Å². The first kappa shape index (κ1) is 25.4. The number of aliphatic hydroxyl groups excluding tert-OH is 1. The molecule has 2 amide bonds. The number of carbonyl (C=O) groups excluding carboxylic acids is 2. The molecule has 4 aromatic rings. The maximum atomic E-state index is 13.4. The van der Waals surface area contributed by atoms with Crippen molar-refractivity contribution in [1.82, 2.24) is 20.1 Å². The van der Waals surface area contributed by atoms with Crippen LogP contribution in [0.3, 0.4) is 0 Å². The Balaban J connectivity index is 1.43. The SMILES string of the molecule is Nc1cccc(-c2ccc(Cl)c(C(=O)Nc3cc(C(=O)NC4CCC(O)CC4)nn3-c3ccccc3)c2)n1. The van der Waals surface area contributed by atoms with E-state index in [-0.39, 0.29) is 34.3 Å². The second-order valence-electron chi connectivity index (χ2n) is 9.24. The molecule has 2 aromatic carbocycles. The number of amides is 2. The fourth-order valence-electron chi connectivity index (χ4n) is 4.48. The number of aromatic nitrogens is 3. The Kier molecular flexibility index (Phi) is 7.39. The molecule has 1 aliphatic carbocycles. The van der Waals surface area contributed by atoms with Gasteiger partial charge in [-0.15, -0.1) is 0 Å². The molecule has 5 N–H and O–H groups in total. The lowest BCUT2D eigenvalue weighted by Gasteiger charge is -2.25. The number of hydrogen-bond acceptors (Lipinski definition) is 6. The minimum atomic E-state index is -0.467. The van der Waals surface area contributed by atoms with Crippen LogP contribution < -0.4 is 16.4 Å². The third-order valence-corrected chi connectivity index (χ3v) is 6.82. The molecule has 1 fully saturated rings. The van der Waals surface area contributed by atoms with Crippen LogP contribution in [0.25, 0.3) is 16.9 Å². The molecule has 0 aliphatic heterocycles. The Bertz CT molecular complexity index is 1460. The number of aliphatic hydroxyl groups is 1. The summed E-state index contributed by atoms with van der Waals surface area (Å²) < 4.78 is 1.51. The molecule has 1 saturated carbocycles. The van der Waals surface area contributed by atoms with Crippen molar-refractivity contribution in [3.63, 3.8) is 0 Å². The largest absolute Gasteiger partial charge is 0.393 e. The topological polar surface area (TPSA) is 135 Å². The standard InChI is InChI=1S/C28H27ClN6O3/c29-22-14-9-17(23-7-4-8-25(30)32-23)15-21(22)27(37)33-26-16-24(34-35(26)19-5-2-1-3-6-19)28(38)31-18-10-12-20(36)13-11-18/h1-9,14-16,18,20,36H,10-13H2,(H2,30,32)(H,31,38)(H,33,37). The van der Waals surface area contributed by atoms with Gasteiger partial charge < -0.3 is 21.5 Å². The molecule has 0 saturated heterocycles. The number of halogens is 1. The minimum Gasteiger partial charge on any atom is -0.393 e. The predicted octanol–water partition coefficient (Wildman–Crippen LogP) is 4.46. The number of anilines is 2. The molecule has 0 spiro atoms. The number of nitrogens with two attached hydrogens (primary N) is 1. The Hall–Kier alpha value is -4.21. The van der Waals surface area contributed by atoms with Crippen molar-refractivity contribution in [3.8, 4) is 16.9 Å². The third-order valence-electron chi connectivity index (χ3n) is 6.49. The van der Waals surface area contributed by atoms with Crippen molar-refractivity contribution in [2.45, 2.75) is 37.8 Å². The fourth-order valence-corrected chi connectivity index (χ4v) is 4.68. The van der Waals surface area contributed by atoms with E-state index >= 15 is 0 Å². The van der Waals surface area contributed by atoms with Crippen LogP contribution in [-0.4, -0.2) is 43.8 Å². The zero-order valence-corrected chi connectivity index (χ0v) is 21.2. The molecule has 10 heteroatoms. The van der Waals surface area contributed by atoms with Crippen LogP contribution >= 0.6 is 11.6 Å². The first-order valence-electron chi connectivity index (χ1n) is 12.4. The summed E-state index contributed by atoms with van der Waals surface area (Å²) in [5.41, 5.74) is 8.19. The highest BCUT2D eigenvalue weighted by Gasteiger charge is 2.24. The zero-order chi connectivity index (χ0) is 26.6. The van der Waals surface area contributed by atoms with E-state index < -0.39 is 5.91 Å². The predicted molar refractivity (Wildman–Crippen MR) is 146 cm³/mol. The van der Waals surface area contributed by atoms with Crippen molar-refractivity contribution in [2.24, 2.45) is 0 Å². The maximum Gasteiger partial charge on any atom is 0.272 e. The van der Waals surface area contributed by atoms with E-state index in [0.717, 1.165) is 0 Å². The average molecular weight is 531 g/mol. The number of nitrogens with one attached hydrogen (secondary N) is 2. The third kappa shape index (κ3) is 5.69. The van der Waals surface area contributed by atoms with E-state index in [9.17, 15) is 14.7 Å². The molecule has 0 bridgehead atoms. The molecule has 2 aromatic heterocycles. The Morgan fingerprint density at radius 2 is 1.71 bits per heavy atom. The van der Waals surface area contributed by atoms with Gasteiger partial charge in [0.1, 0.15) is 11.6 Å². The lowest BCUT2D eigenvalue weighted by molar-refractivity contribution is 0.0862. The summed E-state index contributed by atoms with van der Waals surface area (Å²) in [6.07, 6.45) is 2.38. The Morgan fingerprint density at radius 1 is 0.947 bits per heavy atom. The van der Waals surface area contributed by atoms with E-state index in [4.69, 9.17) is 17.3 Å². The summed E-state index contributed by atoms with van der Waals surface area (Å²) in [6.45, 7) is 0. The Morgan fingerprint density at radius 3 is 2.45 bits per heavy atom. The fraction of sp³-hybridized carbons (Fsp3) is 0.214. The van der Waals surface area contributed by atoms with Gasteiger partial charge in [-0.05, 0) is 62.1 Å². The first-order chi connectivity index (χ1) is 18.4. The van der Waals surface area contributed by atoms with Crippen LogP contribution in [0.2, 0.25) is 5.02 Å². The lowest BCUT2D eigenvalue weighted by Crippen LogP contribution is -2.38. The van der Waals surface area contributed by atoms with E-state index in [0.29, 0.717) is 54.3 Å². The van der Waals surface area contributed by atoms with Gasteiger partial charge in [-0.1, -0.05) is 41.9 Å². The van der Waals surface area contributed by atoms with Gasteiger partial charge >= 0.3 is 0 Å². The Labute approximate surface area is 224 Å². The van der Waals surface area contributed by atoms with Gasteiger partial charge in [0, 0.05) is 17.7 Å². The number of benzene rings is 2. The summed E-state index contributed by atoms with van der Waals surface area (Å²) in [5, 5.41) is 20.4. The van der Waals surface area contributed by atoms with E-state index in [1.54, 1.807) is 36.4 Å². The minimum absolute atomic E-state index is 0.0343. The average Bonchev–Trinajstić information content (AvgIpc) is 3.34.